The maximum atomic E-state index is 12.2. The van der Waals surface area contributed by atoms with Crippen molar-refractivity contribution in [2.24, 2.45) is 11.8 Å². The summed E-state index contributed by atoms with van der Waals surface area (Å²) in [5.41, 5.74) is 3.61. The van der Waals surface area contributed by atoms with Crippen LogP contribution < -0.4 is 5.32 Å². The summed E-state index contributed by atoms with van der Waals surface area (Å²) >= 11 is 0. The lowest BCUT2D eigenvalue weighted by molar-refractivity contribution is -0.121. The molecule has 2 bridgehead atoms. The molecule has 2 aliphatic carbocycles. The van der Waals surface area contributed by atoms with Gasteiger partial charge >= 0.3 is 0 Å². The molecule has 2 saturated carbocycles. The molecule has 3 atom stereocenters. The molecule has 0 saturated heterocycles. The molecule has 19 heavy (non-hydrogen) atoms. The average molecular weight is 257 g/mol. The molecule has 102 valence electrons. The van der Waals surface area contributed by atoms with E-state index in [1.54, 1.807) is 0 Å². The van der Waals surface area contributed by atoms with Crippen LogP contribution in [0.3, 0.4) is 0 Å². The third-order valence-electron chi connectivity index (χ3n) is 4.94. The Morgan fingerprint density at radius 1 is 1.26 bits per heavy atom. The molecule has 3 rings (SSSR count). The number of benzene rings is 1. The Labute approximate surface area is 115 Å². The Morgan fingerprint density at radius 2 is 2.11 bits per heavy atom. The van der Waals surface area contributed by atoms with Crippen molar-refractivity contribution < 1.29 is 4.79 Å². The van der Waals surface area contributed by atoms with E-state index in [0.717, 1.165) is 11.8 Å². The van der Waals surface area contributed by atoms with Gasteiger partial charge in [0, 0.05) is 6.04 Å². The Kier molecular flexibility index (Phi) is 3.34. The molecule has 1 N–H and O–H groups in total. The topological polar surface area (TPSA) is 29.1 Å². The molecule has 1 amide bonds. The van der Waals surface area contributed by atoms with Gasteiger partial charge in [-0.25, -0.2) is 0 Å². The minimum atomic E-state index is 0.200. The quantitative estimate of drug-likeness (QED) is 0.885. The first kappa shape index (κ1) is 12.7. The molecular formula is C17H23NO. The van der Waals surface area contributed by atoms with Crippen LogP contribution in [0.25, 0.3) is 0 Å². The van der Waals surface area contributed by atoms with E-state index >= 15 is 0 Å². The van der Waals surface area contributed by atoms with E-state index in [1.165, 1.54) is 42.4 Å². The number of nitrogens with one attached hydrogen (secondary N) is 1. The number of amides is 1. The predicted octanol–water partition coefficient (Wildman–Crippen LogP) is 3.15. The monoisotopic (exact) mass is 257 g/mol. The number of hydrogen-bond acceptors (Lipinski definition) is 1. The molecular weight excluding hydrogens is 234 g/mol. The fourth-order valence-electron chi connectivity index (χ4n) is 3.84. The van der Waals surface area contributed by atoms with Crippen molar-refractivity contribution >= 4 is 5.91 Å². The van der Waals surface area contributed by atoms with E-state index in [-0.39, 0.29) is 5.91 Å². The highest BCUT2D eigenvalue weighted by Crippen LogP contribution is 2.44. The summed E-state index contributed by atoms with van der Waals surface area (Å²) in [4.78, 5) is 12.2. The maximum absolute atomic E-state index is 12.2. The fourth-order valence-corrected chi connectivity index (χ4v) is 3.84. The molecule has 1 aromatic rings. The average Bonchev–Trinajstić information content (AvgIpc) is 2.96. The van der Waals surface area contributed by atoms with Gasteiger partial charge in [0.25, 0.3) is 0 Å². The van der Waals surface area contributed by atoms with Crippen LogP contribution in [0.1, 0.15) is 42.4 Å². The van der Waals surface area contributed by atoms with Crippen molar-refractivity contribution in [1.29, 1.82) is 0 Å². The number of aryl methyl sites for hydroxylation is 2. The zero-order chi connectivity index (χ0) is 13.4. The van der Waals surface area contributed by atoms with Crippen molar-refractivity contribution in [3.63, 3.8) is 0 Å². The van der Waals surface area contributed by atoms with Gasteiger partial charge in [0.15, 0.2) is 0 Å². The lowest BCUT2D eigenvalue weighted by atomic mass is 9.95. The highest BCUT2D eigenvalue weighted by molar-refractivity contribution is 5.79. The number of carbonyl (C=O) groups is 1. The minimum Gasteiger partial charge on any atom is -0.353 e. The van der Waals surface area contributed by atoms with Gasteiger partial charge in [-0.1, -0.05) is 30.2 Å². The summed E-state index contributed by atoms with van der Waals surface area (Å²) in [5, 5.41) is 3.27. The molecule has 1 aromatic carbocycles. The third-order valence-corrected chi connectivity index (χ3v) is 4.94. The molecule has 0 spiro atoms. The molecule has 0 heterocycles. The summed E-state index contributed by atoms with van der Waals surface area (Å²) in [5.74, 6) is 1.84. The smallest absolute Gasteiger partial charge is 0.224 e. The van der Waals surface area contributed by atoms with E-state index in [1.807, 2.05) is 0 Å². The largest absolute Gasteiger partial charge is 0.353 e. The third kappa shape index (κ3) is 2.68. The number of hydrogen-bond donors (Lipinski definition) is 1. The van der Waals surface area contributed by atoms with Gasteiger partial charge in [-0.2, -0.15) is 0 Å². The van der Waals surface area contributed by atoms with Gasteiger partial charge in [0.2, 0.25) is 5.91 Å². The van der Waals surface area contributed by atoms with E-state index in [2.05, 4.69) is 37.4 Å². The van der Waals surface area contributed by atoms with Crippen molar-refractivity contribution in [2.75, 3.05) is 0 Å². The van der Waals surface area contributed by atoms with Crippen LogP contribution >= 0.6 is 0 Å². The maximum Gasteiger partial charge on any atom is 0.224 e. The van der Waals surface area contributed by atoms with E-state index in [0.29, 0.717) is 12.5 Å². The van der Waals surface area contributed by atoms with Crippen LogP contribution in [0, 0.1) is 25.7 Å². The summed E-state index contributed by atoms with van der Waals surface area (Å²) in [7, 11) is 0. The predicted molar refractivity (Wildman–Crippen MR) is 77.0 cm³/mol. The molecule has 0 aliphatic heterocycles. The lowest BCUT2D eigenvalue weighted by Gasteiger charge is -2.23. The summed E-state index contributed by atoms with van der Waals surface area (Å²) in [6.07, 6.45) is 5.78. The zero-order valence-electron chi connectivity index (χ0n) is 11.9. The minimum absolute atomic E-state index is 0.200. The van der Waals surface area contributed by atoms with Gasteiger partial charge in [-0.15, -0.1) is 0 Å². The first-order chi connectivity index (χ1) is 9.11. The second-order valence-electron chi connectivity index (χ2n) is 6.46. The zero-order valence-corrected chi connectivity index (χ0v) is 11.9. The summed E-state index contributed by atoms with van der Waals surface area (Å²) < 4.78 is 0. The van der Waals surface area contributed by atoms with E-state index in [4.69, 9.17) is 0 Å². The van der Waals surface area contributed by atoms with Gasteiger partial charge in [-0.05, 0) is 56.1 Å². The van der Waals surface area contributed by atoms with E-state index < -0.39 is 0 Å². The van der Waals surface area contributed by atoms with Gasteiger partial charge in [0.1, 0.15) is 0 Å². The van der Waals surface area contributed by atoms with Gasteiger partial charge in [-0.3, -0.25) is 4.79 Å². The normalized spacial score (nSPS) is 28.6. The Hall–Kier alpha value is -1.31. The van der Waals surface area contributed by atoms with Crippen LogP contribution in [0.2, 0.25) is 0 Å². The second kappa shape index (κ2) is 4.99. The number of carbonyl (C=O) groups excluding carboxylic acids is 1. The molecule has 2 nitrogen and oxygen atoms in total. The van der Waals surface area contributed by atoms with Crippen molar-refractivity contribution in [1.82, 2.24) is 5.32 Å². The summed E-state index contributed by atoms with van der Waals surface area (Å²) in [6.45, 7) is 4.16. The van der Waals surface area contributed by atoms with E-state index in [9.17, 15) is 4.79 Å². The first-order valence-corrected chi connectivity index (χ1v) is 7.47. The molecule has 2 aliphatic rings. The van der Waals surface area contributed by atoms with Crippen LogP contribution in [-0.2, 0) is 11.2 Å². The first-order valence-electron chi connectivity index (χ1n) is 7.47. The van der Waals surface area contributed by atoms with Crippen molar-refractivity contribution in [3.05, 3.63) is 34.9 Å². The molecule has 0 aromatic heterocycles. The lowest BCUT2D eigenvalue weighted by Crippen LogP contribution is -2.39. The van der Waals surface area contributed by atoms with Crippen molar-refractivity contribution in [2.45, 2.75) is 52.0 Å². The fraction of sp³-hybridized carbons (Fsp3) is 0.588. The standard InChI is InChI=1S/C17H23NO/c1-11-3-4-12(2)15(7-11)10-17(19)18-16-9-13-5-6-14(16)8-13/h3-4,7,13-14,16H,5-6,8-10H2,1-2H3,(H,18,19). The SMILES string of the molecule is Cc1ccc(C)c(CC(=O)NC2CC3CCC2C3)c1. The molecule has 0 radical (unpaired) electrons. The molecule has 2 fully saturated rings. The Bertz CT molecular complexity index is 494. The van der Waals surface area contributed by atoms with Crippen LogP contribution in [0.4, 0.5) is 0 Å². The number of fused-ring (bicyclic) bond motifs is 2. The van der Waals surface area contributed by atoms with Crippen LogP contribution in [-0.4, -0.2) is 11.9 Å². The summed E-state index contributed by atoms with van der Waals surface area (Å²) in [6, 6.07) is 6.80. The number of rotatable bonds is 3. The van der Waals surface area contributed by atoms with Gasteiger partial charge in [0.05, 0.1) is 6.42 Å². The van der Waals surface area contributed by atoms with Gasteiger partial charge < -0.3 is 5.32 Å². The Balaban J connectivity index is 1.61. The highest BCUT2D eigenvalue weighted by atomic mass is 16.1. The highest BCUT2D eigenvalue weighted by Gasteiger charge is 2.39. The molecule has 3 unspecified atom stereocenters. The van der Waals surface area contributed by atoms with Crippen LogP contribution in [0.5, 0.6) is 0 Å². The van der Waals surface area contributed by atoms with Crippen LogP contribution in [0.15, 0.2) is 18.2 Å². The molecule has 2 heteroatoms. The van der Waals surface area contributed by atoms with Crippen molar-refractivity contribution in [3.8, 4) is 0 Å². The Morgan fingerprint density at radius 3 is 2.79 bits per heavy atom. The second-order valence-corrected chi connectivity index (χ2v) is 6.46.